The minimum Gasteiger partial charge on any atom is -0.481 e. The number of hydrogen-bond donors (Lipinski definition) is 3. The zero-order valence-corrected chi connectivity index (χ0v) is 13.9. The summed E-state index contributed by atoms with van der Waals surface area (Å²) in [5, 5.41) is 14.5. The van der Waals surface area contributed by atoms with Crippen LogP contribution in [0, 0.1) is 5.92 Å². The lowest BCUT2D eigenvalue weighted by Gasteiger charge is -2.19. The molecule has 0 saturated carbocycles. The number of carbonyl (C=O) groups is 3. The van der Waals surface area contributed by atoms with E-state index in [0.29, 0.717) is 17.0 Å². The summed E-state index contributed by atoms with van der Waals surface area (Å²) in [7, 11) is 0. The fourth-order valence-electron chi connectivity index (χ4n) is 1.94. The minimum absolute atomic E-state index is 0.179. The highest BCUT2D eigenvalue weighted by Crippen LogP contribution is 2.24. The molecule has 23 heavy (non-hydrogen) atoms. The molecule has 0 spiro atoms. The molecule has 1 rings (SSSR count). The normalized spacial score (nSPS) is 13.0. The number of carbonyl (C=O) groups excluding carboxylic acids is 2. The van der Waals surface area contributed by atoms with Crippen LogP contribution in [-0.4, -0.2) is 29.4 Å². The molecule has 0 aliphatic carbocycles. The van der Waals surface area contributed by atoms with Gasteiger partial charge in [0.1, 0.15) is 0 Å². The van der Waals surface area contributed by atoms with Crippen LogP contribution in [0.5, 0.6) is 0 Å². The largest absolute Gasteiger partial charge is 0.481 e. The van der Waals surface area contributed by atoms with Gasteiger partial charge in [0.15, 0.2) is 0 Å². The number of benzene rings is 1. The number of halogens is 1. The fraction of sp³-hybridized carbons (Fsp3) is 0.438. The number of aliphatic carboxylic acids is 1. The lowest BCUT2D eigenvalue weighted by atomic mass is 10.0. The van der Waals surface area contributed by atoms with Gasteiger partial charge in [-0.15, -0.1) is 0 Å². The molecule has 0 saturated heterocycles. The quantitative estimate of drug-likeness (QED) is 0.675. The molecule has 0 bridgehead atoms. The topological polar surface area (TPSA) is 95.5 Å². The van der Waals surface area contributed by atoms with Crippen molar-refractivity contribution in [1.82, 2.24) is 10.6 Å². The number of nitrogens with one attached hydrogen (secondary N) is 2. The van der Waals surface area contributed by atoms with Crippen LogP contribution in [0.1, 0.15) is 38.3 Å². The lowest BCUT2D eigenvalue weighted by molar-refractivity contribution is -0.138. The van der Waals surface area contributed by atoms with E-state index < -0.39 is 17.9 Å². The van der Waals surface area contributed by atoms with Crippen LogP contribution in [0.25, 0.3) is 0 Å². The molecule has 1 aromatic rings. The third-order valence-corrected chi connectivity index (χ3v) is 3.82. The van der Waals surface area contributed by atoms with Gasteiger partial charge < -0.3 is 15.7 Å². The summed E-state index contributed by atoms with van der Waals surface area (Å²) in [5.41, 5.74) is 0.526. The molecule has 126 valence electrons. The summed E-state index contributed by atoms with van der Waals surface area (Å²) in [6.07, 6.45) is 0.378. The highest BCUT2D eigenvalue weighted by molar-refractivity contribution is 6.31. The molecule has 7 heteroatoms. The first-order chi connectivity index (χ1) is 10.8. The first kappa shape index (κ1) is 19.0. The third-order valence-electron chi connectivity index (χ3n) is 3.48. The predicted octanol–water partition coefficient (Wildman–Crippen LogP) is 2.13. The van der Waals surface area contributed by atoms with Crippen molar-refractivity contribution >= 4 is 29.4 Å². The van der Waals surface area contributed by atoms with Gasteiger partial charge in [-0.3, -0.25) is 14.4 Å². The summed E-state index contributed by atoms with van der Waals surface area (Å²) in [6, 6.07) is 5.97. The van der Waals surface area contributed by atoms with Gasteiger partial charge in [-0.2, -0.15) is 0 Å². The van der Waals surface area contributed by atoms with Crippen LogP contribution in [0.3, 0.4) is 0 Å². The lowest BCUT2D eigenvalue weighted by Crippen LogP contribution is -2.40. The number of amides is 2. The van der Waals surface area contributed by atoms with Crippen LogP contribution in [0.2, 0.25) is 5.02 Å². The van der Waals surface area contributed by atoms with Gasteiger partial charge in [0.2, 0.25) is 11.8 Å². The second-order valence-electron chi connectivity index (χ2n) is 5.27. The highest BCUT2D eigenvalue weighted by atomic mass is 35.5. The Morgan fingerprint density at radius 2 is 1.91 bits per heavy atom. The third kappa shape index (κ3) is 6.28. The molecule has 6 nitrogen and oxygen atoms in total. The van der Waals surface area contributed by atoms with E-state index in [1.807, 2.05) is 6.92 Å². The van der Waals surface area contributed by atoms with Crippen molar-refractivity contribution in [2.75, 3.05) is 6.54 Å². The molecular weight excluding hydrogens is 320 g/mol. The first-order valence-corrected chi connectivity index (χ1v) is 7.76. The summed E-state index contributed by atoms with van der Waals surface area (Å²) < 4.78 is 0. The van der Waals surface area contributed by atoms with E-state index in [1.54, 1.807) is 31.2 Å². The molecule has 3 N–H and O–H groups in total. The Kier molecular flexibility index (Phi) is 7.54. The number of carboxylic acid groups (broad SMARTS) is 1. The van der Waals surface area contributed by atoms with Gasteiger partial charge >= 0.3 is 5.97 Å². The number of hydrogen-bond acceptors (Lipinski definition) is 3. The predicted molar refractivity (Wildman–Crippen MR) is 87.1 cm³/mol. The average molecular weight is 341 g/mol. The molecule has 0 unspecified atom stereocenters. The average Bonchev–Trinajstić information content (AvgIpc) is 2.51. The van der Waals surface area contributed by atoms with E-state index in [1.165, 1.54) is 0 Å². The summed E-state index contributed by atoms with van der Waals surface area (Å²) in [5.74, 6) is -1.91. The summed E-state index contributed by atoms with van der Waals surface area (Å²) in [4.78, 5) is 34.6. The van der Waals surface area contributed by atoms with Crippen molar-refractivity contribution in [3.05, 3.63) is 34.9 Å². The standard InChI is InChI=1S/C16H21ClN2O4/c1-3-10(2)16(23)18-9-14(20)19-13(8-15(21)22)11-6-4-5-7-12(11)17/h4-7,10,13H,3,8-9H2,1-2H3,(H,18,23)(H,19,20)(H,21,22)/t10-,13-/m0/s1. The van der Waals surface area contributed by atoms with Gasteiger partial charge in [0.05, 0.1) is 19.0 Å². The Morgan fingerprint density at radius 3 is 2.48 bits per heavy atom. The maximum absolute atomic E-state index is 12.0. The molecule has 0 aliphatic heterocycles. The SMILES string of the molecule is CC[C@H](C)C(=O)NCC(=O)N[C@@H](CC(=O)O)c1ccccc1Cl. The Labute approximate surface area is 140 Å². The van der Waals surface area contributed by atoms with Gasteiger partial charge in [-0.05, 0) is 18.1 Å². The van der Waals surface area contributed by atoms with Gasteiger partial charge in [-0.25, -0.2) is 0 Å². The molecule has 0 fully saturated rings. The van der Waals surface area contributed by atoms with Crippen LogP contribution in [0.15, 0.2) is 24.3 Å². The minimum atomic E-state index is -1.06. The molecule has 0 aliphatic rings. The van der Waals surface area contributed by atoms with Gasteiger partial charge in [0.25, 0.3) is 0 Å². The van der Waals surface area contributed by atoms with E-state index in [-0.39, 0.29) is 24.8 Å². The molecule has 2 amide bonds. The molecule has 0 heterocycles. The monoisotopic (exact) mass is 340 g/mol. The summed E-state index contributed by atoms with van der Waals surface area (Å²) in [6.45, 7) is 3.44. The van der Waals surface area contributed by atoms with E-state index >= 15 is 0 Å². The van der Waals surface area contributed by atoms with Crippen LogP contribution in [-0.2, 0) is 14.4 Å². The zero-order chi connectivity index (χ0) is 17.4. The molecular formula is C16H21ClN2O4. The number of carboxylic acids is 1. The molecule has 0 aromatic heterocycles. The Morgan fingerprint density at radius 1 is 1.26 bits per heavy atom. The van der Waals surface area contributed by atoms with E-state index in [0.717, 1.165) is 0 Å². The molecule has 1 aromatic carbocycles. The van der Waals surface area contributed by atoms with E-state index in [2.05, 4.69) is 10.6 Å². The van der Waals surface area contributed by atoms with Crippen molar-refractivity contribution in [3.63, 3.8) is 0 Å². The van der Waals surface area contributed by atoms with Crippen LogP contribution in [0.4, 0.5) is 0 Å². The zero-order valence-electron chi connectivity index (χ0n) is 13.1. The maximum Gasteiger partial charge on any atom is 0.305 e. The van der Waals surface area contributed by atoms with Crippen LogP contribution >= 0.6 is 11.6 Å². The Hall–Kier alpha value is -2.08. The van der Waals surface area contributed by atoms with Gasteiger partial charge in [-0.1, -0.05) is 43.6 Å². The van der Waals surface area contributed by atoms with Crippen molar-refractivity contribution in [1.29, 1.82) is 0 Å². The first-order valence-electron chi connectivity index (χ1n) is 7.38. The van der Waals surface area contributed by atoms with Gasteiger partial charge in [0, 0.05) is 10.9 Å². The number of rotatable bonds is 8. The van der Waals surface area contributed by atoms with Crippen LogP contribution < -0.4 is 10.6 Å². The second kappa shape index (κ2) is 9.15. The fourth-order valence-corrected chi connectivity index (χ4v) is 2.21. The maximum atomic E-state index is 12.0. The van der Waals surface area contributed by atoms with Crippen molar-refractivity contribution in [3.8, 4) is 0 Å². The van der Waals surface area contributed by atoms with E-state index in [9.17, 15) is 14.4 Å². The highest BCUT2D eigenvalue weighted by Gasteiger charge is 2.20. The van der Waals surface area contributed by atoms with Crippen molar-refractivity contribution in [2.24, 2.45) is 5.92 Å². The van der Waals surface area contributed by atoms with Crippen molar-refractivity contribution < 1.29 is 19.5 Å². The Balaban J connectivity index is 2.71. The Bertz CT molecular complexity index is 577. The van der Waals surface area contributed by atoms with E-state index in [4.69, 9.17) is 16.7 Å². The summed E-state index contributed by atoms with van der Waals surface area (Å²) >= 11 is 6.06. The molecule has 0 radical (unpaired) electrons. The molecule has 2 atom stereocenters. The second-order valence-corrected chi connectivity index (χ2v) is 5.67. The van der Waals surface area contributed by atoms with Crippen molar-refractivity contribution in [2.45, 2.75) is 32.7 Å². The smallest absolute Gasteiger partial charge is 0.305 e.